The molecule has 4 nitrogen and oxygen atoms in total. The summed E-state index contributed by atoms with van der Waals surface area (Å²) in [6.45, 7) is 4.24. The minimum Gasteiger partial charge on any atom is -0.359 e. The first-order valence-corrected chi connectivity index (χ1v) is 7.70. The molecule has 0 fully saturated rings. The molecule has 0 bridgehead atoms. The number of anilines is 1. The molecule has 0 aliphatic carbocycles. The van der Waals surface area contributed by atoms with E-state index in [0.29, 0.717) is 23.6 Å². The third kappa shape index (κ3) is 4.68. The summed E-state index contributed by atoms with van der Waals surface area (Å²) in [5.74, 6) is 0.270. The fourth-order valence-corrected chi connectivity index (χ4v) is 2.20. The van der Waals surface area contributed by atoms with Crippen LogP contribution < -0.4 is 10.6 Å². The Morgan fingerprint density at radius 3 is 2.09 bits per heavy atom. The molecule has 0 radical (unpaired) electrons. The van der Waals surface area contributed by atoms with E-state index in [1.54, 1.807) is 19.2 Å². The lowest BCUT2D eigenvalue weighted by atomic mass is 10.0. The number of carbonyl (C=O) groups excluding carboxylic acids is 2. The summed E-state index contributed by atoms with van der Waals surface area (Å²) in [5.41, 5.74) is 3.45. The number of hydrogen-bond donors (Lipinski definition) is 2. The van der Waals surface area contributed by atoms with Crippen molar-refractivity contribution in [2.75, 3.05) is 12.4 Å². The highest BCUT2D eigenvalue weighted by atomic mass is 16.2. The summed E-state index contributed by atoms with van der Waals surface area (Å²) in [4.78, 5) is 23.6. The van der Waals surface area contributed by atoms with E-state index in [-0.39, 0.29) is 11.8 Å². The Labute approximate surface area is 136 Å². The number of benzene rings is 2. The molecular formula is C19H22N2O2. The third-order valence-electron chi connectivity index (χ3n) is 3.69. The molecule has 0 aromatic heterocycles. The van der Waals surface area contributed by atoms with Gasteiger partial charge in [-0.25, -0.2) is 0 Å². The second kappa shape index (κ2) is 7.58. The number of amides is 2. The Morgan fingerprint density at radius 2 is 1.57 bits per heavy atom. The Bertz CT molecular complexity index is 674. The zero-order valence-corrected chi connectivity index (χ0v) is 13.7. The molecule has 2 aromatic carbocycles. The highest BCUT2D eigenvalue weighted by molar-refractivity contribution is 6.04. The molecule has 2 amide bonds. The zero-order valence-electron chi connectivity index (χ0n) is 13.7. The van der Waals surface area contributed by atoms with Crippen molar-refractivity contribution in [3.05, 3.63) is 65.2 Å². The van der Waals surface area contributed by atoms with Crippen LogP contribution in [0.3, 0.4) is 0 Å². The van der Waals surface area contributed by atoms with Crippen molar-refractivity contribution in [3.63, 3.8) is 0 Å². The van der Waals surface area contributed by atoms with Gasteiger partial charge in [-0.1, -0.05) is 38.1 Å². The zero-order chi connectivity index (χ0) is 16.8. The molecule has 2 aromatic rings. The summed E-state index contributed by atoms with van der Waals surface area (Å²) in [5, 5.41) is 5.45. The maximum absolute atomic E-state index is 12.2. The van der Waals surface area contributed by atoms with Crippen LogP contribution in [-0.4, -0.2) is 18.9 Å². The lowest BCUT2D eigenvalue weighted by molar-refractivity contribution is -0.119. The Balaban J connectivity index is 2.01. The first-order valence-electron chi connectivity index (χ1n) is 7.70. The molecule has 0 saturated carbocycles. The molecule has 2 rings (SSSR count). The second-order valence-electron chi connectivity index (χ2n) is 5.78. The summed E-state index contributed by atoms with van der Waals surface area (Å²) < 4.78 is 0. The van der Waals surface area contributed by atoms with Crippen LogP contribution in [0.15, 0.2) is 48.5 Å². The summed E-state index contributed by atoms with van der Waals surface area (Å²) in [6.07, 6.45) is 0.335. The molecule has 23 heavy (non-hydrogen) atoms. The van der Waals surface area contributed by atoms with Crippen molar-refractivity contribution in [1.82, 2.24) is 5.32 Å². The van der Waals surface area contributed by atoms with E-state index in [1.165, 1.54) is 5.56 Å². The van der Waals surface area contributed by atoms with Crippen LogP contribution in [0.25, 0.3) is 0 Å². The molecule has 0 aliphatic rings. The summed E-state index contributed by atoms with van der Waals surface area (Å²) in [6, 6.07) is 14.9. The smallest absolute Gasteiger partial charge is 0.255 e. The Morgan fingerprint density at radius 1 is 0.957 bits per heavy atom. The van der Waals surface area contributed by atoms with E-state index in [1.807, 2.05) is 36.4 Å². The van der Waals surface area contributed by atoms with E-state index >= 15 is 0 Å². The standard InChI is InChI=1S/C19H22N2O2/c1-13(2)15-6-8-16(9-7-15)19(23)21-17-10-4-14(5-11-17)12-18(22)20-3/h4-11,13H,12H2,1-3H3,(H,20,22)(H,21,23). The van der Waals surface area contributed by atoms with E-state index in [9.17, 15) is 9.59 Å². The van der Waals surface area contributed by atoms with Gasteiger partial charge in [0.1, 0.15) is 0 Å². The number of carbonyl (C=O) groups is 2. The predicted octanol–water partition coefficient (Wildman–Crippen LogP) is 3.35. The van der Waals surface area contributed by atoms with E-state index < -0.39 is 0 Å². The molecule has 0 heterocycles. The first kappa shape index (κ1) is 16.7. The van der Waals surface area contributed by atoms with E-state index in [4.69, 9.17) is 0 Å². The first-order chi connectivity index (χ1) is 11.0. The Kier molecular flexibility index (Phi) is 5.52. The van der Waals surface area contributed by atoms with Gasteiger partial charge in [0.15, 0.2) is 0 Å². The number of rotatable bonds is 5. The van der Waals surface area contributed by atoms with Crippen LogP contribution in [0.5, 0.6) is 0 Å². The predicted molar refractivity (Wildman–Crippen MR) is 92.7 cm³/mol. The topological polar surface area (TPSA) is 58.2 Å². The fraction of sp³-hybridized carbons (Fsp3) is 0.263. The average molecular weight is 310 g/mol. The van der Waals surface area contributed by atoms with Crippen molar-refractivity contribution in [2.45, 2.75) is 26.2 Å². The SMILES string of the molecule is CNC(=O)Cc1ccc(NC(=O)c2ccc(C(C)C)cc2)cc1. The van der Waals surface area contributed by atoms with Crippen LogP contribution in [0.4, 0.5) is 5.69 Å². The van der Waals surface area contributed by atoms with Crippen molar-refractivity contribution in [3.8, 4) is 0 Å². The van der Waals surface area contributed by atoms with Crippen LogP contribution >= 0.6 is 0 Å². The minimum absolute atomic E-state index is 0.0352. The molecule has 0 atom stereocenters. The van der Waals surface area contributed by atoms with Crippen LogP contribution in [0.2, 0.25) is 0 Å². The van der Waals surface area contributed by atoms with Gasteiger partial charge in [0.25, 0.3) is 5.91 Å². The molecule has 0 aliphatic heterocycles. The number of likely N-dealkylation sites (N-methyl/N-ethyl adjacent to an activating group) is 1. The van der Waals surface area contributed by atoms with Gasteiger partial charge >= 0.3 is 0 Å². The van der Waals surface area contributed by atoms with Gasteiger partial charge in [-0.2, -0.15) is 0 Å². The highest BCUT2D eigenvalue weighted by Crippen LogP contribution is 2.16. The maximum atomic E-state index is 12.2. The van der Waals surface area contributed by atoms with Crippen molar-refractivity contribution < 1.29 is 9.59 Å². The molecular weight excluding hydrogens is 288 g/mol. The fourth-order valence-electron chi connectivity index (χ4n) is 2.20. The normalized spacial score (nSPS) is 10.4. The van der Waals surface area contributed by atoms with Gasteiger partial charge < -0.3 is 10.6 Å². The largest absolute Gasteiger partial charge is 0.359 e. The minimum atomic E-state index is -0.139. The third-order valence-corrected chi connectivity index (χ3v) is 3.69. The van der Waals surface area contributed by atoms with Crippen LogP contribution in [0.1, 0.15) is 41.3 Å². The average Bonchev–Trinajstić information content (AvgIpc) is 2.56. The molecule has 0 spiro atoms. The quantitative estimate of drug-likeness (QED) is 0.890. The lowest BCUT2D eigenvalue weighted by Gasteiger charge is -2.08. The molecule has 0 unspecified atom stereocenters. The number of hydrogen-bond acceptors (Lipinski definition) is 2. The van der Waals surface area contributed by atoms with Crippen molar-refractivity contribution in [2.24, 2.45) is 0 Å². The van der Waals surface area contributed by atoms with E-state index in [2.05, 4.69) is 24.5 Å². The Hall–Kier alpha value is -2.62. The van der Waals surface area contributed by atoms with Gasteiger partial charge in [0, 0.05) is 18.3 Å². The molecule has 0 saturated heterocycles. The second-order valence-corrected chi connectivity index (χ2v) is 5.78. The molecule has 120 valence electrons. The number of nitrogens with one attached hydrogen (secondary N) is 2. The van der Waals surface area contributed by atoms with Crippen LogP contribution in [0, 0.1) is 0 Å². The molecule has 2 N–H and O–H groups in total. The van der Waals surface area contributed by atoms with Gasteiger partial charge in [0.05, 0.1) is 6.42 Å². The molecule has 4 heteroatoms. The van der Waals surface area contributed by atoms with E-state index in [0.717, 1.165) is 5.56 Å². The van der Waals surface area contributed by atoms with Crippen LogP contribution in [-0.2, 0) is 11.2 Å². The lowest BCUT2D eigenvalue weighted by Crippen LogP contribution is -2.19. The summed E-state index contributed by atoms with van der Waals surface area (Å²) >= 11 is 0. The summed E-state index contributed by atoms with van der Waals surface area (Å²) in [7, 11) is 1.61. The van der Waals surface area contributed by atoms with Gasteiger partial charge in [-0.05, 0) is 41.3 Å². The van der Waals surface area contributed by atoms with Crippen molar-refractivity contribution >= 4 is 17.5 Å². The monoisotopic (exact) mass is 310 g/mol. The highest BCUT2D eigenvalue weighted by Gasteiger charge is 2.07. The van der Waals surface area contributed by atoms with Gasteiger partial charge in [0.2, 0.25) is 5.91 Å². The van der Waals surface area contributed by atoms with Crippen molar-refractivity contribution in [1.29, 1.82) is 0 Å². The van der Waals surface area contributed by atoms with Gasteiger partial charge in [-0.3, -0.25) is 9.59 Å². The van der Waals surface area contributed by atoms with Gasteiger partial charge in [-0.15, -0.1) is 0 Å². The maximum Gasteiger partial charge on any atom is 0.255 e.